The summed E-state index contributed by atoms with van der Waals surface area (Å²) in [6.07, 6.45) is 0. The molecule has 1 aromatic heterocycles. The number of nitrogens with zero attached hydrogens (tertiary/aromatic N) is 3. The van der Waals surface area contributed by atoms with Crippen molar-refractivity contribution in [3.05, 3.63) is 338 Å². The molecule has 0 N–H and O–H groups in total. The van der Waals surface area contributed by atoms with Gasteiger partial charge >= 0.3 is 0 Å². The first-order chi connectivity index (χ1) is 51.5. The predicted molar refractivity (Wildman–Crippen MR) is 461 cm³/mol. The Bertz CT molecular complexity index is 5670. The van der Waals surface area contributed by atoms with Crippen LogP contribution in [0.5, 0.6) is 0 Å². The van der Waals surface area contributed by atoms with E-state index in [0.29, 0.717) is 0 Å². The third kappa shape index (κ3) is 12.2. The lowest BCUT2D eigenvalue weighted by atomic mass is 9.33. The van der Waals surface area contributed by atoms with Crippen molar-refractivity contribution in [2.75, 3.05) is 9.80 Å². The minimum absolute atomic E-state index is 0.179. The van der Waals surface area contributed by atoms with E-state index < -0.39 is 0 Å². The molecule has 0 atom stereocenters. The van der Waals surface area contributed by atoms with Gasteiger partial charge in [-0.1, -0.05) is 301 Å². The van der Waals surface area contributed by atoms with Crippen LogP contribution in [-0.2, 0) is 21.7 Å². The van der Waals surface area contributed by atoms with Crippen molar-refractivity contribution in [2.24, 2.45) is 0 Å². The van der Waals surface area contributed by atoms with Gasteiger partial charge in [-0.15, -0.1) is 0 Å². The molecule has 3 nitrogen and oxygen atoms in total. The van der Waals surface area contributed by atoms with Crippen LogP contribution in [0.15, 0.2) is 315 Å². The van der Waals surface area contributed by atoms with Crippen molar-refractivity contribution in [1.29, 1.82) is 0 Å². The molecule has 0 fully saturated rings. The molecule has 0 bridgehead atoms. The smallest absolute Gasteiger partial charge is 0.252 e. The minimum atomic E-state index is -0.197. The maximum atomic E-state index is 5.99. The summed E-state index contributed by atoms with van der Waals surface area (Å²) in [4.78, 5) is 11.4. The van der Waals surface area contributed by atoms with E-state index in [9.17, 15) is 0 Å². The van der Waals surface area contributed by atoms with Crippen LogP contribution < -0.4 is 26.2 Å². The molecule has 2 aliphatic rings. The number of hydrogen-bond donors (Lipinski definition) is 0. The Kier molecular flexibility index (Phi) is 16.0. The van der Waals surface area contributed by atoms with Crippen molar-refractivity contribution < 1.29 is 0 Å². The average Bonchev–Trinajstić information content (AvgIpc) is 0.686. The molecule has 0 radical (unpaired) electrons. The Balaban J connectivity index is 1.02. The number of anilines is 6. The van der Waals surface area contributed by atoms with Crippen LogP contribution in [0.2, 0.25) is 0 Å². The summed E-state index contributed by atoms with van der Waals surface area (Å²) in [5.74, 6) is 0. The maximum absolute atomic E-state index is 5.99. The number of aromatic nitrogens is 1. The Hall–Kier alpha value is -11.8. The highest BCUT2D eigenvalue weighted by molar-refractivity contribution is 7.00. The average molecular weight is 1380 g/mol. The third-order valence-electron chi connectivity index (χ3n) is 22.7. The number of hydrogen-bond acceptors (Lipinski definition) is 3. The van der Waals surface area contributed by atoms with Crippen molar-refractivity contribution in [3.8, 4) is 78.1 Å². The first kappa shape index (κ1) is 67.1. The Morgan fingerprint density at radius 1 is 0.224 bits per heavy atom. The summed E-state index contributed by atoms with van der Waals surface area (Å²) in [7, 11) is 0. The van der Waals surface area contributed by atoms with Crippen molar-refractivity contribution in [1.82, 2.24) is 4.98 Å². The van der Waals surface area contributed by atoms with Gasteiger partial charge in [0.05, 0.1) is 11.4 Å². The summed E-state index contributed by atoms with van der Waals surface area (Å²) >= 11 is 0. The van der Waals surface area contributed by atoms with Crippen LogP contribution in [0.1, 0.15) is 105 Å². The van der Waals surface area contributed by atoms with Gasteiger partial charge in [-0.2, -0.15) is 0 Å². The number of pyridine rings is 1. The maximum Gasteiger partial charge on any atom is 0.252 e. The Morgan fingerprint density at radius 3 is 0.850 bits per heavy atom. The zero-order valence-corrected chi connectivity index (χ0v) is 63.4. The van der Waals surface area contributed by atoms with E-state index in [1.54, 1.807) is 0 Å². The SMILES string of the molecule is CC(C)(C)c1cc(N2c3cc4c(ccc5ccccc54)cc3B3c4cc5ccc6ccccc6c5cc4N(c4cc(C(C)(C)C)cc(C(C)(C)C)c4)c4cc(-c5cc(-c6cc(-c7ccccc7)cc(-c7ccccc7)c6)nc(-c6cc(-c7ccccc7)cc(-c7ccccc7)c6)c5)cc2c43)cc(C(C)(C)C)c1. The van der Waals surface area contributed by atoms with Crippen LogP contribution in [0, 0.1) is 0 Å². The molecule has 16 aromatic rings. The molecule has 518 valence electrons. The lowest BCUT2D eigenvalue weighted by Crippen LogP contribution is -2.61. The van der Waals surface area contributed by atoms with Crippen molar-refractivity contribution in [2.45, 2.75) is 105 Å². The van der Waals surface area contributed by atoms with E-state index in [2.05, 4.69) is 408 Å². The van der Waals surface area contributed by atoms with Gasteiger partial charge in [-0.05, 0) is 256 Å². The monoisotopic (exact) mass is 1380 g/mol. The summed E-state index contributed by atoms with van der Waals surface area (Å²) in [6, 6.07) is 120. The second-order valence-corrected chi connectivity index (χ2v) is 34.1. The normalized spacial score (nSPS) is 13.0. The Morgan fingerprint density at radius 2 is 0.514 bits per heavy atom. The highest BCUT2D eigenvalue weighted by Crippen LogP contribution is 2.51. The van der Waals surface area contributed by atoms with E-state index in [-0.39, 0.29) is 28.4 Å². The summed E-state index contributed by atoms with van der Waals surface area (Å²) in [6.45, 7) is 28.3. The van der Waals surface area contributed by atoms with Gasteiger partial charge in [0, 0.05) is 45.3 Å². The van der Waals surface area contributed by atoms with Gasteiger partial charge in [0.25, 0.3) is 6.71 Å². The van der Waals surface area contributed by atoms with Crippen molar-refractivity contribution in [3.63, 3.8) is 0 Å². The van der Waals surface area contributed by atoms with Crippen LogP contribution in [0.4, 0.5) is 34.1 Å². The molecule has 0 spiro atoms. The molecular weight excluding hydrogens is 1290 g/mol. The summed E-state index contributed by atoms with van der Waals surface area (Å²) in [5.41, 5.74) is 30.3. The molecule has 2 aliphatic heterocycles. The molecule has 4 heteroatoms. The van der Waals surface area contributed by atoms with Gasteiger partial charge in [0.2, 0.25) is 0 Å². The topological polar surface area (TPSA) is 19.4 Å². The van der Waals surface area contributed by atoms with Gasteiger partial charge in [-0.25, -0.2) is 4.98 Å². The van der Waals surface area contributed by atoms with Gasteiger partial charge in [0.1, 0.15) is 0 Å². The second-order valence-electron chi connectivity index (χ2n) is 34.1. The fourth-order valence-corrected chi connectivity index (χ4v) is 16.7. The van der Waals surface area contributed by atoms with Gasteiger partial charge in [0.15, 0.2) is 0 Å². The van der Waals surface area contributed by atoms with Gasteiger partial charge < -0.3 is 9.80 Å². The van der Waals surface area contributed by atoms with Gasteiger partial charge in [-0.3, -0.25) is 0 Å². The highest BCUT2D eigenvalue weighted by atomic mass is 15.2. The zero-order chi connectivity index (χ0) is 73.4. The summed E-state index contributed by atoms with van der Waals surface area (Å²) < 4.78 is 0. The molecular formula is C103H88BN3. The van der Waals surface area contributed by atoms with E-state index in [1.807, 2.05) is 0 Å². The molecule has 0 saturated heterocycles. The van der Waals surface area contributed by atoms with E-state index in [1.165, 1.54) is 93.1 Å². The molecule has 0 aliphatic carbocycles. The summed E-state index contributed by atoms with van der Waals surface area (Å²) in [5, 5.41) is 9.84. The lowest BCUT2D eigenvalue weighted by Gasteiger charge is -2.45. The molecule has 0 saturated carbocycles. The molecule has 0 unspecified atom stereocenters. The zero-order valence-electron chi connectivity index (χ0n) is 63.4. The molecule has 107 heavy (non-hydrogen) atoms. The molecule has 15 aromatic carbocycles. The van der Waals surface area contributed by atoms with Crippen LogP contribution >= 0.6 is 0 Å². The molecule has 3 heterocycles. The second kappa shape index (κ2) is 25.5. The standard InChI is InChI=1S/C103H88BN3/c1-100(2,3)81-57-82(101(4,5)6)60-85(59-81)106-95-63-89-71(43-41-69-37-25-27-39-87(69)89)51-91(95)104-92-52-72-44-42-70-38-26-28-40-88(70)90(72)64-96(92)107(86-61-83(102(7,8)9)58-84(62-86)103(10,11)12)98-56-78(55-97(106)99(98)104)77-53-93(79-47-73(65-29-17-13-18-30-65)45-74(48-79)66-31-19-14-20-32-66)105-94(54-77)80-49-75(67-33-21-15-22-34-67)46-76(50-80)68-35-23-16-24-36-68/h13-64H,1-12H3. The first-order valence-electron chi connectivity index (χ1n) is 38.1. The fourth-order valence-electron chi connectivity index (χ4n) is 16.7. The van der Waals surface area contributed by atoms with E-state index in [4.69, 9.17) is 4.98 Å². The lowest BCUT2D eigenvalue weighted by molar-refractivity contribution is 0.568. The molecule has 0 amide bonds. The minimum Gasteiger partial charge on any atom is -0.311 e. The van der Waals surface area contributed by atoms with Crippen molar-refractivity contribution >= 4 is 100 Å². The van der Waals surface area contributed by atoms with Crippen LogP contribution in [-0.4, -0.2) is 11.7 Å². The highest BCUT2D eigenvalue weighted by Gasteiger charge is 2.45. The number of rotatable bonds is 9. The molecule has 18 rings (SSSR count). The van der Waals surface area contributed by atoms with E-state index >= 15 is 0 Å². The number of benzene rings is 15. The quantitative estimate of drug-likeness (QED) is 0.106. The van der Waals surface area contributed by atoms with Crippen LogP contribution in [0.25, 0.3) is 121 Å². The number of fused-ring (bicyclic) bond motifs is 10. The van der Waals surface area contributed by atoms with E-state index in [0.717, 1.165) is 101 Å². The predicted octanol–water partition coefficient (Wildman–Crippen LogP) is 26.6. The third-order valence-corrected chi connectivity index (χ3v) is 22.7. The first-order valence-corrected chi connectivity index (χ1v) is 38.1. The Labute approximate surface area is 631 Å². The largest absolute Gasteiger partial charge is 0.311 e. The fraction of sp³-hybridized carbons (Fsp3) is 0.155. The van der Waals surface area contributed by atoms with Crippen LogP contribution in [0.3, 0.4) is 0 Å².